The zero-order valence-corrected chi connectivity index (χ0v) is 11.2. The Morgan fingerprint density at radius 1 is 1.30 bits per heavy atom. The van der Waals surface area contributed by atoms with E-state index in [9.17, 15) is 13.6 Å². The minimum atomic E-state index is -2.88. The molecule has 0 saturated carbocycles. The molecule has 0 aliphatic heterocycles. The molecule has 1 amide bonds. The lowest BCUT2D eigenvalue weighted by Crippen LogP contribution is -2.37. The summed E-state index contributed by atoms with van der Waals surface area (Å²) in [5.74, 6) is -0.213. The number of benzene rings is 1. The molecule has 1 aromatic rings. The average molecular weight is 288 g/mol. The molecule has 112 valence electrons. The van der Waals surface area contributed by atoms with Crippen molar-refractivity contribution in [1.29, 1.82) is 0 Å². The molecule has 20 heavy (non-hydrogen) atoms. The maximum Gasteiger partial charge on any atom is 0.387 e. The van der Waals surface area contributed by atoms with Crippen LogP contribution in [-0.4, -0.2) is 50.8 Å². The second kappa shape index (κ2) is 8.44. The fourth-order valence-corrected chi connectivity index (χ4v) is 1.63. The number of ether oxygens (including phenoxy) is 2. The van der Waals surface area contributed by atoms with Crippen molar-refractivity contribution in [2.24, 2.45) is 5.73 Å². The van der Waals surface area contributed by atoms with Gasteiger partial charge in [-0.1, -0.05) is 0 Å². The van der Waals surface area contributed by atoms with Crippen molar-refractivity contribution in [1.82, 2.24) is 4.90 Å². The predicted octanol–water partition coefficient (Wildman–Crippen LogP) is 1.34. The number of carbonyl (C=O) groups excluding carboxylic acids is 1. The van der Waals surface area contributed by atoms with E-state index in [4.69, 9.17) is 10.5 Å². The van der Waals surface area contributed by atoms with E-state index in [0.717, 1.165) is 0 Å². The molecule has 0 radical (unpaired) electrons. The van der Waals surface area contributed by atoms with Crippen LogP contribution >= 0.6 is 0 Å². The van der Waals surface area contributed by atoms with Gasteiger partial charge in [0.05, 0.1) is 6.61 Å². The zero-order valence-electron chi connectivity index (χ0n) is 11.2. The Morgan fingerprint density at radius 2 is 1.95 bits per heavy atom. The van der Waals surface area contributed by atoms with Crippen molar-refractivity contribution in [3.8, 4) is 5.75 Å². The Morgan fingerprint density at radius 3 is 2.45 bits per heavy atom. The molecule has 0 aliphatic carbocycles. The summed E-state index contributed by atoms with van der Waals surface area (Å²) in [7, 11) is 1.54. The lowest BCUT2D eigenvalue weighted by atomic mass is 10.2. The van der Waals surface area contributed by atoms with Gasteiger partial charge in [-0.25, -0.2) is 0 Å². The van der Waals surface area contributed by atoms with Crippen molar-refractivity contribution in [2.75, 3.05) is 33.4 Å². The van der Waals surface area contributed by atoms with Crippen LogP contribution in [0.2, 0.25) is 0 Å². The van der Waals surface area contributed by atoms with Gasteiger partial charge >= 0.3 is 6.61 Å². The van der Waals surface area contributed by atoms with E-state index < -0.39 is 6.61 Å². The van der Waals surface area contributed by atoms with E-state index >= 15 is 0 Å². The Kier molecular flexibility index (Phi) is 6.89. The smallest absolute Gasteiger partial charge is 0.387 e. The van der Waals surface area contributed by atoms with E-state index in [1.807, 2.05) is 0 Å². The molecule has 1 aromatic carbocycles. The van der Waals surface area contributed by atoms with Crippen LogP contribution in [0.5, 0.6) is 5.75 Å². The first-order valence-corrected chi connectivity index (χ1v) is 6.11. The summed E-state index contributed by atoms with van der Waals surface area (Å²) in [6, 6.07) is 5.54. The van der Waals surface area contributed by atoms with Crippen LogP contribution < -0.4 is 10.5 Å². The third-order valence-electron chi connectivity index (χ3n) is 2.58. The summed E-state index contributed by atoms with van der Waals surface area (Å²) >= 11 is 0. The van der Waals surface area contributed by atoms with Crippen LogP contribution in [0.4, 0.5) is 8.78 Å². The number of nitrogens with two attached hydrogens (primary N) is 1. The molecule has 0 spiro atoms. The number of methoxy groups -OCH3 is 1. The van der Waals surface area contributed by atoms with Gasteiger partial charge in [0, 0.05) is 32.3 Å². The summed E-state index contributed by atoms with van der Waals surface area (Å²) in [5, 5.41) is 0. The molecule has 7 heteroatoms. The quantitative estimate of drug-likeness (QED) is 0.784. The van der Waals surface area contributed by atoms with Gasteiger partial charge in [-0.05, 0) is 24.3 Å². The van der Waals surface area contributed by atoms with Gasteiger partial charge in [0.25, 0.3) is 5.91 Å². The maximum absolute atomic E-state index is 12.2. The fraction of sp³-hybridized carbons (Fsp3) is 0.462. The minimum Gasteiger partial charge on any atom is -0.435 e. The average Bonchev–Trinajstić information content (AvgIpc) is 2.43. The molecular weight excluding hydrogens is 270 g/mol. The van der Waals surface area contributed by atoms with Crippen LogP contribution in [0.3, 0.4) is 0 Å². The standard InChI is InChI=1S/C13H18F2N2O3/c1-19-9-8-17(7-6-16)12(18)10-2-4-11(5-3-10)20-13(14)15/h2-5,13H,6-9,16H2,1H3. The Labute approximate surface area is 116 Å². The number of hydrogen-bond donors (Lipinski definition) is 1. The van der Waals surface area contributed by atoms with Crippen LogP contribution in [0.15, 0.2) is 24.3 Å². The SMILES string of the molecule is COCCN(CCN)C(=O)c1ccc(OC(F)F)cc1. The van der Waals surface area contributed by atoms with E-state index in [0.29, 0.717) is 31.8 Å². The van der Waals surface area contributed by atoms with Crippen molar-refractivity contribution >= 4 is 5.91 Å². The summed E-state index contributed by atoms with van der Waals surface area (Å²) in [6.45, 7) is -1.33. The highest BCUT2D eigenvalue weighted by Gasteiger charge is 2.15. The number of alkyl halides is 2. The molecular formula is C13H18F2N2O3. The largest absolute Gasteiger partial charge is 0.435 e. The van der Waals surface area contributed by atoms with Crippen LogP contribution in [-0.2, 0) is 4.74 Å². The molecule has 1 rings (SSSR count). The molecule has 0 aliphatic rings. The molecule has 2 N–H and O–H groups in total. The second-order valence-electron chi connectivity index (χ2n) is 3.98. The monoisotopic (exact) mass is 288 g/mol. The lowest BCUT2D eigenvalue weighted by molar-refractivity contribution is -0.0498. The first kappa shape index (κ1) is 16.3. The second-order valence-corrected chi connectivity index (χ2v) is 3.98. The Bertz CT molecular complexity index is 413. The molecule has 5 nitrogen and oxygen atoms in total. The predicted molar refractivity (Wildman–Crippen MR) is 69.9 cm³/mol. The molecule has 0 unspecified atom stereocenters. The maximum atomic E-state index is 12.2. The third kappa shape index (κ3) is 5.10. The molecule has 0 bridgehead atoms. The first-order chi connectivity index (χ1) is 9.58. The van der Waals surface area contributed by atoms with E-state index in [1.165, 1.54) is 24.3 Å². The van der Waals surface area contributed by atoms with Gasteiger partial charge in [0.1, 0.15) is 5.75 Å². The van der Waals surface area contributed by atoms with Gasteiger partial charge in [0.15, 0.2) is 0 Å². The summed E-state index contributed by atoms with van der Waals surface area (Å²) in [6.07, 6.45) is 0. The topological polar surface area (TPSA) is 64.8 Å². The van der Waals surface area contributed by atoms with Crippen molar-refractivity contribution in [3.05, 3.63) is 29.8 Å². The van der Waals surface area contributed by atoms with E-state index in [2.05, 4.69) is 4.74 Å². The number of nitrogens with zero attached hydrogens (tertiary/aromatic N) is 1. The van der Waals surface area contributed by atoms with Crippen LogP contribution in [0.1, 0.15) is 10.4 Å². The van der Waals surface area contributed by atoms with Crippen LogP contribution in [0.25, 0.3) is 0 Å². The number of halogens is 2. The van der Waals surface area contributed by atoms with Gasteiger partial charge in [-0.3, -0.25) is 4.79 Å². The number of rotatable bonds is 8. The van der Waals surface area contributed by atoms with E-state index in [1.54, 1.807) is 12.0 Å². The molecule has 0 fully saturated rings. The van der Waals surface area contributed by atoms with Crippen molar-refractivity contribution < 1.29 is 23.0 Å². The minimum absolute atomic E-state index is 0.0128. The summed E-state index contributed by atoms with van der Waals surface area (Å²) < 4.78 is 33.2. The lowest BCUT2D eigenvalue weighted by Gasteiger charge is -2.21. The van der Waals surface area contributed by atoms with Gasteiger partial charge < -0.3 is 20.1 Å². The van der Waals surface area contributed by atoms with Crippen molar-refractivity contribution in [3.63, 3.8) is 0 Å². The highest BCUT2D eigenvalue weighted by molar-refractivity contribution is 5.94. The number of carbonyl (C=O) groups is 1. The molecule has 0 heterocycles. The van der Waals surface area contributed by atoms with Gasteiger partial charge in [-0.2, -0.15) is 8.78 Å². The van der Waals surface area contributed by atoms with Crippen molar-refractivity contribution in [2.45, 2.75) is 6.61 Å². The molecule has 0 aromatic heterocycles. The summed E-state index contributed by atoms with van der Waals surface area (Å²) in [5.41, 5.74) is 5.84. The normalized spacial score (nSPS) is 10.7. The summed E-state index contributed by atoms with van der Waals surface area (Å²) in [4.78, 5) is 13.7. The first-order valence-electron chi connectivity index (χ1n) is 6.11. The van der Waals surface area contributed by atoms with Crippen LogP contribution in [0, 0.1) is 0 Å². The highest BCUT2D eigenvalue weighted by atomic mass is 19.3. The fourth-order valence-electron chi connectivity index (χ4n) is 1.63. The highest BCUT2D eigenvalue weighted by Crippen LogP contribution is 2.16. The van der Waals surface area contributed by atoms with Gasteiger partial charge in [-0.15, -0.1) is 0 Å². The van der Waals surface area contributed by atoms with Gasteiger partial charge in [0.2, 0.25) is 0 Å². The number of hydrogen-bond acceptors (Lipinski definition) is 4. The Balaban J connectivity index is 2.72. The third-order valence-corrected chi connectivity index (χ3v) is 2.58. The Hall–Kier alpha value is -1.73. The zero-order chi connectivity index (χ0) is 15.0. The van der Waals surface area contributed by atoms with E-state index in [-0.39, 0.29) is 11.7 Å². The molecule has 0 saturated heterocycles. The number of amides is 1. The molecule has 0 atom stereocenters.